The lowest BCUT2D eigenvalue weighted by molar-refractivity contribution is -0.132. The maximum atomic E-state index is 13.0. The first kappa shape index (κ1) is 14.2. The predicted molar refractivity (Wildman–Crippen MR) is 88.4 cm³/mol. The molecule has 1 unspecified atom stereocenters. The number of carbonyl (C=O) groups excluding carboxylic acids is 1. The van der Waals surface area contributed by atoms with Gasteiger partial charge in [-0.3, -0.25) is 4.79 Å². The fraction of sp³-hybridized carbons (Fsp3) is 0.412. The first-order valence-electron chi connectivity index (χ1n) is 7.64. The van der Waals surface area contributed by atoms with Gasteiger partial charge in [-0.2, -0.15) is 0 Å². The van der Waals surface area contributed by atoms with Crippen molar-refractivity contribution in [2.75, 3.05) is 13.1 Å². The Hall–Kier alpha value is -1.39. The van der Waals surface area contributed by atoms with E-state index in [0.717, 1.165) is 47.9 Å². The van der Waals surface area contributed by atoms with Crippen molar-refractivity contribution < 1.29 is 4.79 Å². The smallest absolute Gasteiger partial charge is 0.233 e. The van der Waals surface area contributed by atoms with Crippen molar-refractivity contribution in [3.63, 3.8) is 0 Å². The molecule has 0 radical (unpaired) electrons. The Balaban J connectivity index is 1.51. The number of amides is 1. The maximum absolute atomic E-state index is 13.0. The molecule has 3 nitrogen and oxygen atoms in total. The van der Waals surface area contributed by atoms with Crippen LogP contribution in [-0.2, 0) is 10.2 Å². The summed E-state index contributed by atoms with van der Waals surface area (Å²) in [6.45, 7) is 1.65. The van der Waals surface area contributed by atoms with Crippen LogP contribution in [0.15, 0.2) is 35.8 Å². The summed E-state index contributed by atoms with van der Waals surface area (Å²) in [7, 11) is 0. The average molecular weight is 333 g/mol. The Kier molecular flexibility index (Phi) is 3.46. The van der Waals surface area contributed by atoms with Gasteiger partial charge in [0.05, 0.1) is 10.4 Å². The Labute approximate surface area is 138 Å². The van der Waals surface area contributed by atoms with Gasteiger partial charge in [-0.25, -0.2) is 4.98 Å². The van der Waals surface area contributed by atoms with Gasteiger partial charge in [-0.1, -0.05) is 23.7 Å². The molecule has 2 fully saturated rings. The SMILES string of the molecule is O=C(N1CCC(c2nccs2)C1)C1(c2ccc(Cl)cc2)CC1. The molecule has 1 aromatic carbocycles. The number of thiazole rings is 1. The Morgan fingerprint density at radius 3 is 2.73 bits per heavy atom. The molecule has 1 saturated carbocycles. The van der Waals surface area contributed by atoms with Gasteiger partial charge >= 0.3 is 0 Å². The third-order valence-electron chi connectivity index (χ3n) is 4.83. The maximum Gasteiger partial charge on any atom is 0.233 e. The van der Waals surface area contributed by atoms with E-state index in [1.54, 1.807) is 11.3 Å². The molecule has 1 aliphatic heterocycles. The van der Waals surface area contributed by atoms with Crippen molar-refractivity contribution in [1.82, 2.24) is 9.88 Å². The molecule has 2 aromatic rings. The lowest BCUT2D eigenvalue weighted by Crippen LogP contribution is -2.37. The molecule has 1 aromatic heterocycles. The van der Waals surface area contributed by atoms with Gasteiger partial charge in [0.2, 0.25) is 5.91 Å². The predicted octanol–water partition coefficient (Wildman–Crippen LogP) is 3.84. The molecule has 22 heavy (non-hydrogen) atoms. The van der Waals surface area contributed by atoms with Gasteiger partial charge in [0.1, 0.15) is 0 Å². The number of hydrogen-bond donors (Lipinski definition) is 0. The summed E-state index contributed by atoms with van der Waals surface area (Å²) in [5.74, 6) is 0.693. The highest BCUT2D eigenvalue weighted by atomic mass is 35.5. The largest absolute Gasteiger partial charge is 0.341 e. The van der Waals surface area contributed by atoms with E-state index in [1.165, 1.54) is 0 Å². The standard InChI is InChI=1S/C17H17ClN2OS/c18-14-3-1-13(2-4-14)17(6-7-17)16(21)20-9-5-12(11-20)15-19-8-10-22-15/h1-4,8,10,12H,5-7,9,11H2. The highest BCUT2D eigenvalue weighted by Crippen LogP contribution is 2.50. The highest BCUT2D eigenvalue weighted by molar-refractivity contribution is 7.09. The zero-order valence-electron chi connectivity index (χ0n) is 12.2. The lowest BCUT2D eigenvalue weighted by Gasteiger charge is -2.23. The van der Waals surface area contributed by atoms with E-state index in [2.05, 4.69) is 4.98 Å². The molecular weight excluding hydrogens is 316 g/mol. The van der Waals surface area contributed by atoms with Crippen molar-refractivity contribution in [3.8, 4) is 0 Å². The second-order valence-corrected chi connectivity index (χ2v) is 7.56. The second kappa shape index (κ2) is 5.36. The molecule has 5 heteroatoms. The average Bonchev–Trinajstić information content (AvgIpc) is 2.97. The van der Waals surface area contributed by atoms with E-state index in [4.69, 9.17) is 11.6 Å². The molecule has 2 heterocycles. The summed E-state index contributed by atoms with van der Waals surface area (Å²) in [4.78, 5) is 19.4. The van der Waals surface area contributed by atoms with Crippen molar-refractivity contribution >= 4 is 28.8 Å². The zero-order valence-corrected chi connectivity index (χ0v) is 13.7. The Bertz CT molecular complexity index is 679. The molecule has 1 atom stereocenters. The molecule has 0 bridgehead atoms. The van der Waals surface area contributed by atoms with Crippen LogP contribution in [0, 0.1) is 0 Å². The number of likely N-dealkylation sites (tertiary alicyclic amines) is 1. The summed E-state index contributed by atoms with van der Waals surface area (Å²) in [6.07, 6.45) is 4.77. The molecule has 114 valence electrons. The lowest BCUT2D eigenvalue weighted by atomic mass is 9.94. The fourth-order valence-corrected chi connectivity index (χ4v) is 4.30. The van der Waals surface area contributed by atoms with Crippen LogP contribution in [0.4, 0.5) is 0 Å². The van der Waals surface area contributed by atoms with Gasteiger partial charge in [-0.15, -0.1) is 11.3 Å². The van der Waals surface area contributed by atoms with Crippen LogP contribution < -0.4 is 0 Å². The molecule has 2 aliphatic rings. The van der Waals surface area contributed by atoms with Crippen molar-refractivity contribution in [2.24, 2.45) is 0 Å². The van der Waals surface area contributed by atoms with Crippen molar-refractivity contribution in [2.45, 2.75) is 30.6 Å². The monoisotopic (exact) mass is 332 g/mol. The number of benzene rings is 1. The third-order valence-corrected chi connectivity index (χ3v) is 6.02. The molecule has 4 rings (SSSR count). The quantitative estimate of drug-likeness (QED) is 0.855. The van der Waals surface area contributed by atoms with Crippen LogP contribution in [0.2, 0.25) is 5.02 Å². The first-order chi connectivity index (χ1) is 10.7. The number of halogens is 1. The minimum atomic E-state index is -0.289. The Morgan fingerprint density at radius 1 is 1.32 bits per heavy atom. The second-order valence-electron chi connectivity index (χ2n) is 6.20. The number of hydrogen-bond acceptors (Lipinski definition) is 3. The van der Waals surface area contributed by atoms with Gasteiger partial charge in [0.15, 0.2) is 0 Å². The van der Waals surface area contributed by atoms with E-state index in [1.807, 2.05) is 40.7 Å². The molecule has 1 amide bonds. The normalized spacial score (nSPS) is 22.8. The van der Waals surface area contributed by atoms with Crippen LogP contribution in [0.1, 0.15) is 35.8 Å². The number of rotatable bonds is 3. The van der Waals surface area contributed by atoms with Crippen molar-refractivity contribution in [1.29, 1.82) is 0 Å². The minimum absolute atomic E-state index is 0.286. The van der Waals surface area contributed by atoms with Gasteiger partial charge < -0.3 is 4.90 Å². The minimum Gasteiger partial charge on any atom is -0.341 e. The summed E-state index contributed by atoms with van der Waals surface area (Å²) in [5, 5.41) is 3.89. The van der Waals surface area contributed by atoms with Crippen LogP contribution >= 0.6 is 22.9 Å². The van der Waals surface area contributed by atoms with E-state index >= 15 is 0 Å². The summed E-state index contributed by atoms with van der Waals surface area (Å²) < 4.78 is 0. The van der Waals surface area contributed by atoms with Crippen LogP contribution in [0.3, 0.4) is 0 Å². The van der Waals surface area contributed by atoms with Crippen LogP contribution in [0.5, 0.6) is 0 Å². The van der Waals surface area contributed by atoms with E-state index in [0.29, 0.717) is 5.92 Å². The van der Waals surface area contributed by atoms with Gasteiger partial charge in [0.25, 0.3) is 0 Å². The van der Waals surface area contributed by atoms with E-state index in [9.17, 15) is 4.79 Å². The number of nitrogens with zero attached hydrogens (tertiary/aromatic N) is 2. The van der Waals surface area contributed by atoms with E-state index in [-0.39, 0.29) is 11.3 Å². The highest BCUT2D eigenvalue weighted by Gasteiger charge is 2.53. The molecule has 0 N–H and O–H groups in total. The third kappa shape index (κ3) is 2.34. The topological polar surface area (TPSA) is 33.2 Å². The number of aromatic nitrogens is 1. The van der Waals surface area contributed by atoms with Gasteiger partial charge in [0, 0.05) is 35.6 Å². The van der Waals surface area contributed by atoms with Gasteiger partial charge in [-0.05, 0) is 37.0 Å². The molecular formula is C17H17ClN2OS. The summed E-state index contributed by atoms with van der Waals surface area (Å²) >= 11 is 7.66. The fourth-order valence-electron chi connectivity index (χ4n) is 3.41. The van der Waals surface area contributed by atoms with Crippen LogP contribution in [0.25, 0.3) is 0 Å². The summed E-state index contributed by atoms with van der Waals surface area (Å²) in [5.41, 5.74) is 0.821. The first-order valence-corrected chi connectivity index (χ1v) is 8.90. The summed E-state index contributed by atoms with van der Waals surface area (Å²) in [6, 6.07) is 7.77. The zero-order chi connectivity index (χ0) is 15.2. The van der Waals surface area contributed by atoms with Crippen molar-refractivity contribution in [3.05, 3.63) is 51.4 Å². The number of carbonyl (C=O) groups is 1. The Morgan fingerprint density at radius 2 is 2.09 bits per heavy atom. The van der Waals surface area contributed by atoms with E-state index < -0.39 is 0 Å². The molecule has 0 spiro atoms. The van der Waals surface area contributed by atoms with Crippen LogP contribution in [-0.4, -0.2) is 28.9 Å². The molecule has 1 saturated heterocycles. The molecule has 1 aliphatic carbocycles.